The summed E-state index contributed by atoms with van der Waals surface area (Å²) < 4.78 is 32.3. The zero-order valence-electron chi connectivity index (χ0n) is 13.7. The van der Waals surface area contributed by atoms with Gasteiger partial charge in [0.15, 0.2) is 0 Å². The average molecular weight is 347 g/mol. The number of hydrogen-bond acceptors (Lipinski definition) is 4. The summed E-state index contributed by atoms with van der Waals surface area (Å²) in [7, 11) is 0. The molecule has 0 bridgehead atoms. The molecule has 25 heavy (non-hydrogen) atoms. The van der Waals surface area contributed by atoms with Crippen molar-refractivity contribution in [3.8, 4) is 0 Å². The Kier molecular flexibility index (Phi) is 5.55. The van der Waals surface area contributed by atoms with Gasteiger partial charge in [-0.2, -0.15) is 0 Å². The van der Waals surface area contributed by atoms with Crippen LogP contribution >= 0.6 is 0 Å². The third-order valence-electron chi connectivity index (χ3n) is 4.13. The van der Waals surface area contributed by atoms with Crippen LogP contribution in [-0.2, 0) is 16.1 Å². The van der Waals surface area contributed by atoms with Gasteiger partial charge in [-0.05, 0) is 29.8 Å². The first-order chi connectivity index (χ1) is 12.1. The van der Waals surface area contributed by atoms with Gasteiger partial charge in [-0.15, -0.1) is 0 Å². The lowest BCUT2D eigenvalue weighted by Gasteiger charge is -2.36. The summed E-state index contributed by atoms with van der Waals surface area (Å²) in [5.74, 6) is -1.27. The Labute approximate surface area is 144 Å². The van der Waals surface area contributed by atoms with E-state index in [1.165, 1.54) is 12.1 Å². The van der Waals surface area contributed by atoms with Gasteiger partial charge in [-0.1, -0.05) is 0 Å². The molecule has 0 saturated carbocycles. The zero-order valence-corrected chi connectivity index (χ0v) is 13.7. The highest BCUT2D eigenvalue weighted by atomic mass is 19.1. The third-order valence-corrected chi connectivity index (χ3v) is 4.13. The molecule has 1 aromatic carbocycles. The quantitative estimate of drug-likeness (QED) is 0.832. The van der Waals surface area contributed by atoms with Crippen LogP contribution in [-0.4, -0.2) is 48.6 Å². The van der Waals surface area contributed by atoms with E-state index in [0.717, 1.165) is 11.6 Å². The Hall–Kier alpha value is -2.54. The van der Waals surface area contributed by atoms with Gasteiger partial charge < -0.3 is 14.5 Å². The van der Waals surface area contributed by atoms with Crippen molar-refractivity contribution in [1.82, 2.24) is 9.88 Å². The number of carbonyl (C=O) groups excluding carboxylic acids is 1. The summed E-state index contributed by atoms with van der Waals surface area (Å²) in [6.07, 6.45) is 3.35. The van der Waals surface area contributed by atoms with Crippen molar-refractivity contribution in [3.05, 3.63) is 59.9 Å². The highest BCUT2D eigenvalue weighted by Gasteiger charge is 2.23. The summed E-state index contributed by atoms with van der Waals surface area (Å²) in [5, 5.41) is 0. The fraction of sp³-hybridized carbons (Fsp3) is 0.333. The minimum atomic E-state index is -0.596. The minimum Gasteiger partial charge on any atom is -0.367 e. The second-order valence-corrected chi connectivity index (χ2v) is 5.81. The number of piperazine rings is 1. The lowest BCUT2D eigenvalue weighted by atomic mass is 10.2. The molecule has 0 N–H and O–H groups in total. The number of nitrogens with zero attached hydrogens (tertiary/aromatic N) is 3. The Morgan fingerprint density at radius 2 is 1.80 bits per heavy atom. The smallest absolute Gasteiger partial charge is 0.248 e. The van der Waals surface area contributed by atoms with E-state index in [1.807, 2.05) is 17.0 Å². The molecule has 0 atom stereocenters. The van der Waals surface area contributed by atoms with Crippen molar-refractivity contribution in [3.63, 3.8) is 0 Å². The number of rotatable bonds is 5. The Morgan fingerprint density at radius 1 is 1.08 bits per heavy atom. The second kappa shape index (κ2) is 8.02. The Balaban J connectivity index is 1.46. The van der Waals surface area contributed by atoms with Crippen molar-refractivity contribution in [2.45, 2.75) is 6.61 Å². The predicted molar refractivity (Wildman–Crippen MR) is 89.0 cm³/mol. The van der Waals surface area contributed by atoms with E-state index in [2.05, 4.69) is 4.98 Å². The predicted octanol–water partition coefficient (Wildman–Crippen LogP) is 2.23. The lowest BCUT2D eigenvalue weighted by molar-refractivity contribution is -0.136. The average Bonchev–Trinajstić information content (AvgIpc) is 2.63. The van der Waals surface area contributed by atoms with Gasteiger partial charge in [0.25, 0.3) is 0 Å². The molecule has 1 amide bonds. The Morgan fingerprint density at radius 3 is 2.48 bits per heavy atom. The number of hydrogen-bond donors (Lipinski definition) is 0. The molecular weight excluding hydrogens is 328 g/mol. The van der Waals surface area contributed by atoms with Gasteiger partial charge in [-0.25, -0.2) is 8.78 Å². The van der Waals surface area contributed by atoms with E-state index in [0.29, 0.717) is 38.5 Å². The molecule has 0 radical (unpaired) electrons. The number of anilines is 1. The molecule has 1 aliphatic rings. The normalized spacial score (nSPS) is 14.6. The van der Waals surface area contributed by atoms with Crippen LogP contribution < -0.4 is 4.90 Å². The molecule has 1 aliphatic heterocycles. The lowest BCUT2D eigenvalue weighted by Crippen LogP contribution is -2.50. The molecule has 0 aliphatic carbocycles. The monoisotopic (exact) mass is 347 g/mol. The molecule has 132 valence electrons. The van der Waals surface area contributed by atoms with Crippen molar-refractivity contribution < 1.29 is 18.3 Å². The molecule has 2 aromatic rings. The zero-order chi connectivity index (χ0) is 17.6. The molecule has 7 heteroatoms. The van der Waals surface area contributed by atoms with Gasteiger partial charge in [0.2, 0.25) is 5.91 Å². The molecule has 1 aromatic heterocycles. The maximum absolute atomic E-state index is 13.8. The second-order valence-electron chi connectivity index (χ2n) is 5.81. The topological polar surface area (TPSA) is 45.7 Å². The SMILES string of the molecule is O=C(COCc1ccncc1)N1CCN(c2ccc(F)cc2F)CC1. The van der Waals surface area contributed by atoms with Crippen molar-refractivity contribution in [2.75, 3.05) is 37.7 Å². The first-order valence-corrected chi connectivity index (χ1v) is 8.08. The van der Waals surface area contributed by atoms with Gasteiger partial charge in [0.1, 0.15) is 18.2 Å². The van der Waals surface area contributed by atoms with Gasteiger partial charge in [-0.3, -0.25) is 9.78 Å². The van der Waals surface area contributed by atoms with Crippen LogP contribution in [0.4, 0.5) is 14.5 Å². The van der Waals surface area contributed by atoms with Gasteiger partial charge in [0, 0.05) is 44.6 Å². The van der Waals surface area contributed by atoms with Crippen LogP contribution in [0, 0.1) is 11.6 Å². The minimum absolute atomic E-state index is 0.00717. The Bertz CT molecular complexity index is 720. The summed E-state index contributed by atoms with van der Waals surface area (Å²) in [5.41, 5.74) is 1.32. The molecule has 1 fully saturated rings. The number of benzene rings is 1. The highest BCUT2D eigenvalue weighted by Crippen LogP contribution is 2.21. The molecule has 3 rings (SSSR count). The van der Waals surface area contributed by atoms with Gasteiger partial charge >= 0.3 is 0 Å². The van der Waals surface area contributed by atoms with E-state index in [4.69, 9.17) is 4.74 Å². The summed E-state index contributed by atoms with van der Waals surface area (Å²) in [6.45, 7) is 2.32. The number of halogens is 2. The molecule has 2 heterocycles. The van der Waals surface area contributed by atoms with Crippen LogP contribution in [0.3, 0.4) is 0 Å². The molecular formula is C18H19F2N3O2. The van der Waals surface area contributed by atoms with E-state index >= 15 is 0 Å². The van der Waals surface area contributed by atoms with Crippen molar-refractivity contribution in [1.29, 1.82) is 0 Å². The molecule has 0 unspecified atom stereocenters. The summed E-state index contributed by atoms with van der Waals surface area (Å²) in [4.78, 5) is 19.6. The number of ether oxygens (including phenoxy) is 1. The summed E-state index contributed by atoms with van der Waals surface area (Å²) >= 11 is 0. The number of amides is 1. The standard InChI is InChI=1S/C18H19F2N3O2/c19-15-1-2-17(16(20)11-15)22-7-9-23(10-8-22)18(24)13-25-12-14-3-5-21-6-4-14/h1-6,11H,7-10,12-13H2. The number of aromatic nitrogens is 1. The molecule has 1 saturated heterocycles. The first-order valence-electron chi connectivity index (χ1n) is 8.08. The maximum atomic E-state index is 13.8. The van der Waals surface area contributed by atoms with Crippen LogP contribution in [0.15, 0.2) is 42.7 Å². The largest absolute Gasteiger partial charge is 0.367 e. The fourth-order valence-corrected chi connectivity index (χ4v) is 2.76. The van der Waals surface area contributed by atoms with Crippen molar-refractivity contribution >= 4 is 11.6 Å². The third kappa shape index (κ3) is 4.51. The van der Waals surface area contributed by atoms with Gasteiger partial charge in [0.05, 0.1) is 12.3 Å². The van der Waals surface area contributed by atoms with Crippen LogP contribution in [0.2, 0.25) is 0 Å². The highest BCUT2D eigenvalue weighted by molar-refractivity contribution is 5.77. The number of carbonyl (C=O) groups is 1. The number of pyridine rings is 1. The fourth-order valence-electron chi connectivity index (χ4n) is 2.76. The maximum Gasteiger partial charge on any atom is 0.248 e. The molecule has 5 nitrogen and oxygen atoms in total. The summed E-state index contributed by atoms with van der Waals surface area (Å²) in [6, 6.07) is 7.21. The van der Waals surface area contributed by atoms with E-state index in [9.17, 15) is 13.6 Å². The van der Waals surface area contributed by atoms with Crippen molar-refractivity contribution in [2.24, 2.45) is 0 Å². The first kappa shape index (κ1) is 17.3. The van der Waals surface area contributed by atoms with E-state index in [-0.39, 0.29) is 12.5 Å². The molecule has 0 spiro atoms. The van der Waals surface area contributed by atoms with Crippen LogP contribution in [0.25, 0.3) is 0 Å². The van der Waals surface area contributed by atoms with Crippen LogP contribution in [0.1, 0.15) is 5.56 Å². The van der Waals surface area contributed by atoms with E-state index < -0.39 is 11.6 Å². The van der Waals surface area contributed by atoms with Crippen LogP contribution in [0.5, 0.6) is 0 Å². The van der Waals surface area contributed by atoms with E-state index in [1.54, 1.807) is 17.3 Å².